The van der Waals surface area contributed by atoms with E-state index in [2.05, 4.69) is 5.32 Å². The molecule has 2 aromatic carbocycles. The van der Waals surface area contributed by atoms with E-state index in [1.165, 1.54) is 0 Å². The Morgan fingerprint density at radius 3 is 2.78 bits per heavy atom. The van der Waals surface area contributed by atoms with Crippen molar-refractivity contribution in [2.45, 2.75) is 0 Å². The third kappa shape index (κ3) is 3.14. The Kier molecular flexibility index (Phi) is 3.93. The molecular weight excluding hydrogens is 294 g/mol. The van der Waals surface area contributed by atoms with Crippen LogP contribution in [0.15, 0.2) is 48.5 Å². The largest absolute Gasteiger partial charge is 0.423 e. The van der Waals surface area contributed by atoms with Gasteiger partial charge in [0, 0.05) is 0 Å². The van der Waals surface area contributed by atoms with Gasteiger partial charge >= 0.3 is 5.97 Å². The van der Waals surface area contributed by atoms with Gasteiger partial charge in [0.15, 0.2) is 5.75 Å². The van der Waals surface area contributed by atoms with Gasteiger partial charge in [0.25, 0.3) is 0 Å². The maximum atomic E-state index is 12.3. The zero-order chi connectivity index (χ0) is 16.2. The first kappa shape index (κ1) is 14.6. The van der Waals surface area contributed by atoms with Gasteiger partial charge < -0.3 is 15.0 Å². The van der Waals surface area contributed by atoms with Crippen molar-refractivity contribution < 1.29 is 14.3 Å². The maximum Gasteiger partial charge on any atom is 0.331 e. The molecule has 0 atom stereocenters. The van der Waals surface area contributed by atoms with E-state index in [1.807, 2.05) is 12.1 Å². The summed E-state index contributed by atoms with van der Waals surface area (Å²) in [4.78, 5) is 25.5. The average Bonchev–Trinajstić information content (AvgIpc) is 2.55. The topological polar surface area (TPSA) is 82.4 Å². The quantitative estimate of drug-likeness (QED) is 0.692. The van der Waals surface area contributed by atoms with Crippen LogP contribution in [0.1, 0.15) is 5.56 Å². The van der Waals surface area contributed by atoms with Crippen LogP contribution in [-0.4, -0.2) is 25.0 Å². The summed E-state index contributed by atoms with van der Waals surface area (Å²) in [6, 6.07) is 15.8. The summed E-state index contributed by atoms with van der Waals surface area (Å²) in [6.07, 6.45) is 0. The smallest absolute Gasteiger partial charge is 0.331 e. The molecule has 0 saturated heterocycles. The van der Waals surface area contributed by atoms with Gasteiger partial charge in [-0.05, 0) is 24.3 Å². The molecule has 0 spiro atoms. The first-order chi connectivity index (χ1) is 11.2. The number of benzene rings is 2. The molecule has 0 saturated carbocycles. The molecule has 0 radical (unpaired) electrons. The minimum Gasteiger partial charge on any atom is -0.423 e. The number of nitriles is 1. The number of nitrogens with zero attached hydrogens (tertiary/aromatic N) is 2. The number of esters is 1. The lowest BCUT2D eigenvalue weighted by Gasteiger charge is -2.29. The van der Waals surface area contributed by atoms with Crippen molar-refractivity contribution in [1.29, 1.82) is 5.26 Å². The molecule has 1 aliphatic heterocycles. The van der Waals surface area contributed by atoms with Crippen molar-refractivity contribution in [3.63, 3.8) is 0 Å². The van der Waals surface area contributed by atoms with Gasteiger partial charge in [-0.15, -0.1) is 0 Å². The molecule has 0 aliphatic carbocycles. The van der Waals surface area contributed by atoms with Gasteiger partial charge in [-0.25, -0.2) is 4.79 Å². The van der Waals surface area contributed by atoms with Gasteiger partial charge in [-0.1, -0.05) is 24.3 Å². The molecule has 0 unspecified atom stereocenters. The van der Waals surface area contributed by atoms with Crippen molar-refractivity contribution in [3.8, 4) is 11.8 Å². The van der Waals surface area contributed by atoms with E-state index in [1.54, 1.807) is 47.4 Å². The van der Waals surface area contributed by atoms with Gasteiger partial charge in [0.05, 0.1) is 23.5 Å². The predicted octanol–water partition coefficient (Wildman–Crippen LogP) is 1.92. The average molecular weight is 307 g/mol. The van der Waals surface area contributed by atoms with Gasteiger partial charge in [-0.2, -0.15) is 5.26 Å². The lowest BCUT2D eigenvalue weighted by molar-refractivity contribution is -0.133. The first-order valence-electron chi connectivity index (χ1n) is 7.01. The second kappa shape index (κ2) is 6.20. The first-order valence-corrected chi connectivity index (χ1v) is 7.01. The molecule has 1 heterocycles. The molecular formula is C17H13N3O3. The highest BCUT2D eigenvalue weighted by Crippen LogP contribution is 2.31. The highest BCUT2D eigenvalue weighted by atomic mass is 16.5. The molecule has 0 aromatic heterocycles. The predicted molar refractivity (Wildman–Crippen MR) is 84.1 cm³/mol. The standard InChI is InChI=1S/C17H13N3O3/c18-9-12-5-1-2-6-13(12)19-16(21)10-20-11-17(22)23-15-8-4-3-7-14(15)20/h1-8H,10-11H2,(H,19,21). The normalized spacial score (nSPS) is 12.8. The van der Waals surface area contributed by atoms with Crippen LogP contribution in [0.5, 0.6) is 5.75 Å². The number of amides is 1. The maximum absolute atomic E-state index is 12.3. The molecule has 1 aliphatic rings. The number of fused-ring (bicyclic) bond motifs is 1. The third-order valence-corrected chi connectivity index (χ3v) is 3.41. The molecule has 114 valence electrons. The number of nitrogens with one attached hydrogen (secondary N) is 1. The molecule has 1 amide bonds. The molecule has 3 rings (SSSR count). The van der Waals surface area contributed by atoms with Crippen LogP contribution < -0.4 is 15.0 Å². The number of hydrogen-bond acceptors (Lipinski definition) is 5. The van der Waals surface area contributed by atoms with Crippen molar-refractivity contribution in [3.05, 3.63) is 54.1 Å². The molecule has 23 heavy (non-hydrogen) atoms. The van der Waals surface area contributed by atoms with E-state index in [-0.39, 0.29) is 19.0 Å². The minimum atomic E-state index is -0.408. The molecule has 2 aromatic rings. The lowest BCUT2D eigenvalue weighted by Crippen LogP contribution is -2.41. The van der Waals surface area contributed by atoms with Crippen LogP contribution in [0.2, 0.25) is 0 Å². The van der Waals surface area contributed by atoms with Crippen LogP contribution in [0.3, 0.4) is 0 Å². The third-order valence-electron chi connectivity index (χ3n) is 3.41. The SMILES string of the molecule is N#Cc1ccccc1NC(=O)CN1CC(=O)Oc2ccccc21. The van der Waals surface area contributed by atoms with E-state index in [9.17, 15) is 9.59 Å². The van der Waals surface area contributed by atoms with Crippen LogP contribution >= 0.6 is 0 Å². The van der Waals surface area contributed by atoms with E-state index in [0.29, 0.717) is 22.7 Å². The zero-order valence-corrected chi connectivity index (χ0v) is 12.2. The second-order valence-corrected chi connectivity index (χ2v) is 5.00. The van der Waals surface area contributed by atoms with Gasteiger partial charge in [0.1, 0.15) is 12.6 Å². The van der Waals surface area contributed by atoms with E-state index >= 15 is 0 Å². The lowest BCUT2D eigenvalue weighted by atomic mass is 10.2. The summed E-state index contributed by atoms with van der Waals surface area (Å²) in [6.45, 7) is -0.00376. The van der Waals surface area contributed by atoms with Crippen molar-refractivity contribution in [1.82, 2.24) is 0 Å². The molecule has 0 fully saturated rings. The van der Waals surface area contributed by atoms with Gasteiger partial charge in [-0.3, -0.25) is 4.79 Å². The zero-order valence-electron chi connectivity index (χ0n) is 12.2. The van der Waals surface area contributed by atoms with Crippen molar-refractivity contribution in [2.24, 2.45) is 0 Å². The fraction of sp³-hybridized carbons (Fsp3) is 0.118. The Balaban J connectivity index is 1.76. The van der Waals surface area contributed by atoms with E-state index in [0.717, 1.165) is 0 Å². The Hall–Kier alpha value is -3.33. The van der Waals surface area contributed by atoms with Crippen molar-refractivity contribution >= 4 is 23.3 Å². The van der Waals surface area contributed by atoms with E-state index in [4.69, 9.17) is 10.00 Å². The molecule has 6 nitrogen and oxygen atoms in total. The Bertz CT molecular complexity index is 811. The number of anilines is 2. The monoisotopic (exact) mass is 307 g/mol. The van der Waals surface area contributed by atoms with Crippen molar-refractivity contribution in [2.75, 3.05) is 23.3 Å². The number of ether oxygens (including phenoxy) is 1. The summed E-state index contributed by atoms with van der Waals surface area (Å²) >= 11 is 0. The number of rotatable bonds is 3. The highest BCUT2D eigenvalue weighted by molar-refractivity contribution is 5.97. The number of carbonyl (C=O) groups is 2. The highest BCUT2D eigenvalue weighted by Gasteiger charge is 2.25. The van der Waals surface area contributed by atoms with Crippen LogP contribution in [0.25, 0.3) is 0 Å². The Morgan fingerprint density at radius 1 is 1.22 bits per heavy atom. The molecule has 0 bridgehead atoms. The fourth-order valence-corrected chi connectivity index (χ4v) is 2.39. The van der Waals surface area contributed by atoms with Crippen LogP contribution in [-0.2, 0) is 9.59 Å². The number of hydrogen-bond donors (Lipinski definition) is 1. The summed E-state index contributed by atoms with van der Waals surface area (Å²) in [5.41, 5.74) is 1.53. The van der Waals surface area contributed by atoms with E-state index < -0.39 is 5.97 Å². The summed E-state index contributed by atoms with van der Waals surface area (Å²) in [5.74, 6) is -0.278. The second-order valence-electron chi connectivity index (χ2n) is 5.00. The van der Waals surface area contributed by atoms with Crippen LogP contribution in [0.4, 0.5) is 11.4 Å². The Labute approximate surface area is 132 Å². The minimum absolute atomic E-state index is 0.00430. The molecule has 1 N–H and O–H groups in total. The Morgan fingerprint density at radius 2 is 1.96 bits per heavy atom. The summed E-state index contributed by atoms with van der Waals surface area (Å²) in [5, 5.41) is 11.7. The van der Waals surface area contributed by atoms with Gasteiger partial charge in [0.2, 0.25) is 5.91 Å². The summed E-state index contributed by atoms with van der Waals surface area (Å²) in [7, 11) is 0. The number of carbonyl (C=O) groups excluding carboxylic acids is 2. The molecule has 6 heteroatoms. The van der Waals surface area contributed by atoms with Crippen LogP contribution in [0, 0.1) is 11.3 Å². The number of para-hydroxylation sites is 3. The summed E-state index contributed by atoms with van der Waals surface area (Å²) < 4.78 is 5.14. The fourth-order valence-electron chi connectivity index (χ4n) is 2.39.